The molecular weight excluding hydrogens is 680 g/mol. The Bertz CT molecular complexity index is 1930. The summed E-state index contributed by atoms with van der Waals surface area (Å²) in [5.41, 5.74) is 2.95. The van der Waals surface area contributed by atoms with Gasteiger partial charge in [-0.25, -0.2) is 9.79 Å². The Morgan fingerprint density at radius 1 is 1.13 bits per heavy atom. The van der Waals surface area contributed by atoms with Crippen LogP contribution in [0.5, 0.6) is 17.2 Å². The third-order valence-corrected chi connectivity index (χ3v) is 8.75. The molecule has 1 aliphatic heterocycles. The van der Waals surface area contributed by atoms with Crippen molar-refractivity contribution in [1.82, 2.24) is 4.57 Å². The molecule has 4 aromatic rings. The number of hydrogen-bond donors (Lipinski definition) is 0. The molecule has 1 aliphatic rings. The average molecular weight is 712 g/mol. The van der Waals surface area contributed by atoms with Gasteiger partial charge in [-0.3, -0.25) is 9.36 Å². The summed E-state index contributed by atoms with van der Waals surface area (Å²) in [6.07, 6.45) is 1.79. The van der Waals surface area contributed by atoms with Crippen molar-refractivity contribution < 1.29 is 23.7 Å². The van der Waals surface area contributed by atoms with Gasteiger partial charge < -0.3 is 18.9 Å². The van der Waals surface area contributed by atoms with E-state index in [9.17, 15) is 9.59 Å². The highest BCUT2D eigenvalue weighted by molar-refractivity contribution is 9.10. The number of carbonyl (C=O) groups is 1. The quantitative estimate of drug-likeness (QED) is 0.173. The molecule has 0 spiro atoms. The van der Waals surface area contributed by atoms with Crippen molar-refractivity contribution in [3.63, 3.8) is 0 Å². The summed E-state index contributed by atoms with van der Waals surface area (Å²) in [6.45, 7) is 7.92. The Morgan fingerprint density at radius 3 is 2.49 bits per heavy atom. The second kappa shape index (κ2) is 14.1. The molecule has 0 aliphatic carbocycles. The van der Waals surface area contributed by atoms with Gasteiger partial charge in [-0.05, 0) is 103 Å². The highest BCUT2D eigenvalue weighted by atomic mass is 79.9. The molecule has 0 fully saturated rings. The molecule has 11 heteroatoms. The van der Waals surface area contributed by atoms with Crippen LogP contribution in [0.15, 0.2) is 86.2 Å². The van der Waals surface area contributed by atoms with Crippen molar-refractivity contribution in [2.75, 3.05) is 13.7 Å². The molecule has 45 heavy (non-hydrogen) atoms. The second-order valence-corrected chi connectivity index (χ2v) is 12.8. The van der Waals surface area contributed by atoms with Crippen molar-refractivity contribution >= 4 is 50.9 Å². The fraction of sp³-hybridized carbons (Fsp3) is 0.265. The Labute approximate surface area is 278 Å². The number of ether oxygens (including phenoxy) is 4. The second-order valence-electron chi connectivity index (χ2n) is 10.5. The van der Waals surface area contributed by atoms with E-state index in [1.807, 2.05) is 68.4 Å². The lowest BCUT2D eigenvalue weighted by Crippen LogP contribution is -2.39. The number of esters is 1. The van der Waals surface area contributed by atoms with Crippen LogP contribution in [-0.2, 0) is 16.1 Å². The lowest BCUT2D eigenvalue weighted by Gasteiger charge is -2.25. The first-order chi connectivity index (χ1) is 21.6. The van der Waals surface area contributed by atoms with Crippen LogP contribution in [0, 0.1) is 0 Å². The van der Waals surface area contributed by atoms with E-state index in [1.54, 1.807) is 37.7 Å². The molecule has 234 valence electrons. The van der Waals surface area contributed by atoms with Gasteiger partial charge in [0.05, 0.1) is 46.1 Å². The maximum absolute atomic E-state index is 14.0. The van der Waals surface area contributed by atoms with Gasteiger partial charge in [0.15, 0.2) is 16.3 Å². The van der Waals surface area contributed by atoms with Gasteiger partial charge in [-0.15, -0.1) is 0 Å². The Morgan fingerprint density at radius 2 is 1.84 bits per heavy atom. The molecule has 8 nitrogen and oxygen atoms in total. The van der Waals surface area contributed by atoms with Crippen molar-refractivity contribution in [3.8, 4) is 17.2 Å². The maximum atomic E-state index is 14.0. The number of nitrogens with zero attached hydrogens (tertiary/aromatic N) is 2. The van der Waals surface area contributed by atoms with Crippen molar-refractivity contribution in [3.05, 3.63) is 118 Å². The Hall–Kier alpha value is -3.86. The minimum absolute atomic E-state index is 0.00789. The van der Waals surface area contributed by atoms with Crippen molar-refractivity contribution in [2.24, 2.45) is 4.99 Å². The molecule has 0 radical (unpaired) electrons. The molecule has 0 amide bonds. The monoisotopic (exact) mass is 710 g/mol. The highest BCUT2D eigenvalue weighted by Crippen LogP contribution is 2.38. The normalized spacial score (nSPS) is 14.7. The number of benzene rings is 3. The van der Waals surface area contributed by atoms with Crippen molar-refractivity contribution in [1.29, 1.82) is 0 Å². The minimum Gasteiger partial charge on any atom is -0.493 e. The molecule has 0 N–H and O–H groups in total. The number of rotatable bonds is 10. The summed E-state index contributed by atoms with van der Waals surface area (Å²) < 4.78 is 25.6. The first kappa shape index (κ1) is 32.5. The van der Waals surface area contributed by atoms with Crippen LogP contribution in [0.4, 0.5) is 0 Å². The van der Waals surface area contributed by atoms with Crippen LogP contribution in [-0.4, -0.2) is 30.4 Å². The SMILES string of the molecule is CCOC(=O)C1=C(C)N=c2s/c(=C\c3cc(Br)c(OCc4ccc(Cl)cc4)c(OC)c3)c(=O)n2[C@H]1c1ccc(OC(C)C)cc1. The predicted molar refractivity (Wildman–Crippen MR) is 179 cm³/mol. The third kappa shape index (κ3) is 7.19. The summed E-state index contributed by atoms with van der Waals surface area (Å²) in [4.78, 5) is 32.4. The van der Waals surface area contributed by atoms with E-state index >= 15 is 0 Å². The average Bonchev–Trinajstić information content (AvgIpc) is 3.30. The number of hydrogen-bond acceptors (Lipinski definition) is 8. The fourth-order valence-electron chi connectivity index (χ4n) is 4.96. The van der Waals surface area contributed by atoms with E-state index < -0.39 is 12.0 Å². The van der Waals surface area contributed by atoms with Crippen LogP contribution < -0.4 is 29.1 Å². The first-order valence-corrected chi connectivity index (χ1v) is 16.3. The van der Waals surface area contributed by atoms with E-state index in [0.717, 1.165) is 16.7 Å². The number of allylic oxidation sites excluding steroid dienone is 1. The summed E-state index contributed by atoms with van der Waals surface area (Å²) in [5.74, 6) is 1.22. The molecule has 3 aromatic carbocycles. The van der Waals surface area contributed by atoms with Crippen LogP contribution in [0.1, 0.15) is 50.4 Å². The lowest BCUT2D eigenvalue weighted by molar-refractivity contribution is -0.139. The van der Waals surface area contributed by atoms with Gasteiger partial charge in [0.25, 0.3) is 5.56 Å². The van der Waals surface area contributed by atoms with Crippen LogP contribution in [0.25, 0.3) is 6.08 Å². The van der Waals surface area contributed by atoms with Gasteiger partial charge in [-0.2, -0.15) is 0 Å². The van der Waals surface area contributed by atoms with E-state index in [1.165, 1.54) is 11.3 Å². The molecular formula is C34H32BrClN2O6S. The number of fused-ring (bicyclic) bond motifs is 1. The minimum atomic E-state index is -0.722. The van der Waals surface area contributed by atoms with E-state index in [-0.39, 0.29) is 18.3 Å². The number of carbonyl (C=O) groups excluding carboxylic acids is 1. The molecule has 0 saturated heterocycles. The summed E-state index contributed by atoms with van der Waals surface area (Å²) in [7, 11) is 1.56. The standard InChI is InChI=1S/C34H32BrClN2O6S/c1-6-42-33(40)29-20(4)37-34-38(30(29)23-9-13-25(14-10-23)44-19(2)3)32(39)28(45-34)17-22-15-26(35)31(27(16-22)41-5)43-18-21-7-11-24(36)12-8-21/h7-17,19,30H,6,18H2,1-5H3/b28-17-/t30-/m0/s1. The Balaban J connectivity index is 1.56. The number of aromatic nitrogens is 1. The fourth-order valence-corrected chi connectivity index (χ4v) is 6.71. The smallest absolute Gasteiger partial charge is 0.338 e. The summed E-state index contributed by atoms with van der Waals surface area (Å²) in [6, 6.07) is 17.8. The third-order valence-electron chi connectivity index (χ3n) is 6.93. The van der Waals surface area contributed by atoms with Gasteiger partial charge in [0, 0.05) is 5.02 Å². The molecule has 1 aromatic heterocycles. The van der Waals surface area contributed by atoms with Crippen molar-refractivity contribution in [2.45, 2.75) is 46.4 Å². The van der Waals surface area contributed by atoms with Crippen LogP contribution in [0.2, 0.25) is 5.02 Å². The zero-order valence-corrected chi connectivity index (χ0v) is 28.6. The number of thiazole rings is 1. The largest absolute Gasteiger partial charge is 0.493 e. The molecule has 1 atom stereocenters. The summed E-state index contributed by atoms with van der Waals surface area (Å²) >= 11 is 10.9. The molecule has 5 rings (SSSR count). The van der Waals surface area contributed by atoms with E-state index in [0.29, 0.717) is 54.0 Å². The highest BCUT2D eigenvalue weighted by Gasteiger charge is 2.33. The maximum Gasteiger partial charge on any atom is 0.338 e. The van der Waals surface area contributed by atoms with Crippen LogP contribution >= 0.6 is 38.9 Å². The van der Waals surface area contributed by atoms with Crippen LogP contribution in [0.3, 0.4) is 0 Å². The zero-order valence-electron chi connectivity index (χ0n) is 25.4. The van der Waals surface area contributed by atoms with Gasteiger partial charge in [-0.1, -0.05) is 47.2 Å². The number of halogens is 2. The molecule has 2 heterocycles. The van der Waals surface area contributed by atoms with Gasteiger partial charge >= 0.3 is 5.97 Å². The lowest BCUT2D eigenvalue weighted by atomic mass is 9.96. The summed E-state index contributed by atoms with van der Waals surface area (Å²) in [5, 5.41) is 0.653. The van der Waals surface area contributed by atoms with E-state index in [4.69, 9.17) is 30.5 Å². The molecule has 0 saturated carbocycles. The Kier molecular flexibility index (Phi) is 10.2. The molecule has 0 bridgehead atoms. The first-order valence-electron chi connectivity index (χ1n) is 14.3. The topological polar surface area (TPSA) is 88.4 Å². The number of methoxy groups -OCH3 is 1. The van der Waals surface area contributed by atoms with Gasteiger partial charge in [0.2, 0.25) is 0 Å². The van der Waals surface area contributed by atoms with Gasteiger partial charge in [0.1, 0.15) is 12.4 Å². The predicted octanol–water partition coefficient (Wildman–Crippen LogP) is 6.59. The zero-order chi connectivity index (χ0) is 32.2. The molecule has 0 unspecified atom stereocenters. The van der Waals surface area contributed by atoms with E-state index in [2.05, 4.69) is 20.9 Å².